The van der Waals surface area contributed by atoms with Crippen LogP contribution in [0.3, 0.4) is 0 Å². The smallest absolute Gasteiger partial charge is 0.271 e. The molecule has 0 spiro atoms. The zero-order valence-corrected chi connectivity index (χ0v) is 16.4. The number of carbonyl (C=O) groups excluding carboxylic acids is 1. The van der Waals surface area contributed by atoms with E-state index in [2.05, 4.69) is 29.6 Å². The molecule has 2 N–H and O–H groups in total. The van der Waals surface area contributed by atoms with E-state index in [9.17, 15) is 4.79 Å². The third kappa shape index (κ3) is 5.20. The van der Waals surface area contributed by atoms with Gasteiger partial charge in [-0.1, -0.05) is 39.0 Å². The number of rotatable bonds is 5. The molecular weight excluding hydrogens is 336 g/mol. The minimum atomic E-state index is -0.0346. The van der Waals surface area contributed by atoms with Gasteiger partial charge in [-0.25, -0.2) is 0 Å². The van der Waals surface area contributed by atoms with Gasteiger partial charge in [0, 0.05) is 18.8 Å². The van der Waals surface area contributed by atoms with Crippen LogP contribution in [0.4, 0.5) is 0 Å². The molecule has 1 aromatic rings. The molecule has 2 heterocycles. The number of hydrogen-bond acceptors (Lipinski definition) is 3. The lowest BCUT2D eigenvalue weighted by Gasteiger charge is -2.32. The summed E-state index contributed by atoms with van der Waals surface area (Å²) in [7, 11) is 0. The Morgan fingerprint density at radius 3 is 2.68 bits per heavy atom. The van der Waals surface area contributed by atoms with Crippen molar-refractivity contribution in [3.63, 3.8) is 0 Å². The number of aromatic nitrogens is 2. The van der Waals surface area contributed by atoms with E-state index >= 15 is 0 Å². The topological polar surface area (TPSA) is 59.0 Å². The molecule has 1 saturated carbocycles. The van der Waals surface area contributed by atoms with Crippen LogP contribution in [-0.2, 0) is 0 Å². The fourth-order valence-corrected chi connectivity index (χ4v) is 4.20. The van der Waals surface area contributed by atoms with E-state index in [1.165, 1.54) is 38.5 Å². The minimum Gasteiger partial charge on any atom is -0.348 e. The van der Waals surface area contributed by atoms with Crippen LogP contribution in [0.15, 0.2) is 12.3 Å². The number of hydrogen-bond donors (Lipinski definition) is 2. The van der Waals surface area contributed by atoms with Gasteiger partial charge in [0.05, 0.1) is 6.04 Å². The van der Waals surface area contributed by atoms with Crippen molar-refractivity contribution < 1.29 is 4.79 Å². The Morgan fingerprint density at radius 2 is 2.00 bits per heavy atom. The van der Waals surface area contributed by atoms with Crippen molar-refractivity contribution in [3.05, 3.63) is 18.0 Å². The molecule has 1 aromatic heterocycles. The highest BCUT2D eigenvalue weighted by atomic mass is 35.5. The third-order valence-electron chi connectivity index (χ3n) is 6.03. The molecule has 1 saturated heterocycles. The van der Waals surface area contributed by atoms with Crippen molar-refractivity contribution in [2.45, 2.75) is 70.9 Å². The Hall–Kier alpha value is -1.07. The summed E-state index contributed by atoms with van der Waals surface area (Å²) in [5.41, 5.74) is 0.545. The minimum absolute atomic E-state index is 0. The maximum Gasteiger partial charge on any atom is 0.271 e. The lowest BCUT2D eigenvalue weighted by Crippen LogP contribution is -2.40. The summed E-state index contributed by atoms with van der Waals surface area (Å²) < 4.78 is 1.95. The highest BCUT2D eigenvalue weighted by molar-refractivity contribution is 5.92. The van der Waals surface area contributed by atoms with Crippen LogP contribution in [0.2, 0.25) is 0 Å². The van der Waals surface area contributed by atoms with Gasteiger partial charge in [0.15, 0.2) is 0 Å². The van der Waals surface area contributed by atoms with Crippen molar-refractivity contribution in [2.24, 2.45) is 11.8 Å². The molecule has 3 rings (SSSR count). The van der Waals surface area contributed by atoms with Gasteiger partial charge >= 0.3 is 0 Å². The molecule has 5 nitrogen and oxygen atoms in total. The second-order valence-electron chi connectivity index (χ2n) is 7.70. The molecule has 2 aliphatic rings. The predicted octanol–water partition coefficient (Wildman–Crippen LogP) is 3.56. The monoisotopic (exact) mass is 368 g/mol. The summed E-state index contributed by atoms with van der Waals surface area (Å²) in [5.74, 6) is 1.24. The number of halogens is 1. The number of nitrogens with one attached hydrogen (secondary N) is 2. The second-order valence-corrected chi connectivity index (χ2v) is 7.70. The van der Waals surface area contributed by atoms with E-state index in [4.69, 9.17) is 0 Å². The van der Waals surface area contributed by atoms with Crippen LogP contribution in [-0.4, -0.2) is 34.8 Å². The normalized spacial score (nSPS) is 24.2. The summed E-state index contributed by atoms with van der Waals surface area (Å²) in [6, 6.07) is 2.42. The fourth-order valence-electron chi connectivity index (χ4n) is 4.20. The molecule has 142 valence electrons. The van der Waals surface area contributed by atoms with Gasteiger partial charge in [0.1, 0.15) is 5.69 Å². The van der Waals surface area contributed by atoms with Crippen molar-refractivity contribution >= 4 is 18.3 Å². The van der Waals surface area contributed by atoms with E-state index in [1.807, 2.05) is 16.9 Å². The van der Waals surface area contributed by atoms with Gasteiger partial charge in [0.2, 0.25) is 0 Å². The average molecular weight is 369 g/mol. The first-order valence-corrected chi connectivity index (χ1v) is 9.72. The molecule has 3 atom stereocenters. The number of amides is 1. The van der Waals surface area contributed by atoms with Crippen LogP contribution >= 0.6 is 12.4 Å². The second kappa shape index (κ2) is 9.58. The predicted molar refractivity (Wildman–Crippen MR) is 103 cm³/mol. The van der Waals surface area contributed by atoms with E-state index in [0.717, 1.165) is 25.4 Å². The Balaban J connectivity index is 0.00000225. The Bertz CT molecular complexity index is 535. The van der Waals surface area contributed by atoms with Crippen LogP contribution in [0.1, 0.15) is 75.3 Å². The molecule has 1 aliphatic carbocycles. The largest absolute Gasteiger partial charge is 0.348 e. The zero-order chi connectivity index (χ0) is 16.9. The summed E-state index contributed by atoms with van der Waals surface area (Å²) >= 11 is 0. The standard InChI is InChI=1S/C19H32N4O.ClH/c1-14(16-7-4-3-5-8-16)15(2)21-19(24)18-10-12-23(22-18)17-9-6-11-20-13-17;/h10,12,14-17,20H,3-9,11,13H2,1-2H3,(H,21,24);1H. The molecule has 2 fully saturated rings. The summed E-state index contributed by atoms with van der Waals surface area (Å²) in [6.45, 7) is 6.45. The molecule has 25 heavy (non-hydrogen) atoms. The van der Waals surface area contributed by atoms with Gasteiger partial charge < -0.3 is 10.6 Å². The van der Waals surface area contributed by atoms with E-state index in [-0.39, 0.29) is 24.4 Å². The van der Waals surface area contributed by atoms with Crippen LogP contribution in [0.5, 0.6) is 0 Å². The Morgan fingerprint density at radius 1 is 1.24 bits per heavy atom. The number of piperidine rings is 1. The third-order valence-corrected chi connectivity index (χ3v) is 6.03. The molecule has 1 aliphatic heterocycles. The van der Waals surface area contributed by atoms with E-state index in [0.29, 0.717) is 17.7 Å². The Kier molecular flexibility index (Phi) is 7.76. The summed E-state index contributed by atoms with van der Waals surface area (Å²) in [4.78, 5) is 12.5. The van der Waals surface area contributed by atoms with Gasteiger partial charge in [0.25, 0.3) is 5.91 Å². The van der Waals surface area contributed by atoms with Gasteiger partial charge in [-0.15, -0.1) is 12.4 Å². The fraction of sp³-hybridized carbons (Fsp3) is 0.789. The number of carbonyl (C=O) groups is 1. The molecule has 0 radical (unpaired) electrons. The molecule has 0 bridgehead atoms. The zero-order valence-electron chi connectivity index (χ0n) is 15.5. The average Bonchev–Trinajstić information content (AvgIpc) is 3.13. The molecule has 6 heteroatoms. The lowest BCUT2D eigenvalue weighted by atomic mass is 9.78. The molecular formula is C19H33ClN4O. The Labute approximate surface area is 157 Å². The summed E-state index contributed by atoms with van der Waals surface area (Å²) in [5, 5.41) is 11.1. The first-order valence-electron chi connectivity index (χ1n) is 9.72. The first-order chi connectivity index (χ1) is 11.6. The quantitative estimate of drug-likeness (QED) is 0.835. The van der Waals surface area contributed by atoms with Crippen LogP contribution in [0.25, 0.3) is 0 Å². The first kappa shape index (κ1) is 20.2. The van der Waals surface area contributed by atoms with Crippen molar-refractivity contribution in [2.75, 3.05) is 13.1 Å². The summed E-state index contributed by atoms with van der Waals surface area (Å²) in [6.07, 6.45) is 10.9. The van der Waals surface area contributed by atoms with Gasteiger partial charge in [-0.05, 0) is 44.2 Å². The number of nitrogens with zero attached hydrogens (tertiary/aromatic N) is 2. The highest BCUT2D eigenvalue weighted by Gasteiger charge is 2.26. The maximum atomic E-state index is 12.5. The van der Waals surface area contributed by atoms with E-state index in [1.54, 1.807) is 0 Å². The van der Waals surface area contributed by atoms with Crippen molar-refractivity contribution in [1.82, 2.24) is 20.4 Å². The van der Waals surface area contributed by atoms with Crippen molar-refractivity contribution in [3.8, 4) is 0 Å². The van der Waals surface area contributed by atoms with Gasteiger partial charge in [-0.3, -0.25) is 9.48 Å². The molecule has 0 aromatic carbocycles. The molecule has 3 unspecified atom stereocenters. The van der Waals surface area contributed by atoms with Crippen molar-refractivity contribution in [1.29, 1.82) is 0 Å². The lowest BCUT2D eigenvalue weighted by molar-refractivity contribution is 0.0905. The SMILES string of the molecule is CC(NC(=O)c1ccn(C2CCCNC2)n1)C(C)C1CCCCC1.Cl. The van der Waals surface area contributed by atoms with Gasteiger partial charge in [-0.2, -0.15) is 5.10 Å². The van der Waals surface area contributed by atoms with Crippen LogP contribution in [0, 0.1) is 11.8 Å². The van der Waals surface area contributed by atoms with Crippen LogP contribution < -0.4 is 10.6 Å². The van der Waals surface area contributed by atoms with E-state index < -0.39 is 0 Å². The highest BCUT2D eigenvalue weighted by Crippen LogP contribution is 2.31. The molecule has 1 amide bonds. The maximum absolute atomic E-state index is 12.5.